The maximum absolute atomic E-state index is 12.8. The lowest BCUT2D eigenvalue weighted by atomic mass is 9.93. The molecule has 1 amide bonds. The standard InChI is InChI=1S/C16H20F3NO3/c1-9-12-7-10(16(17,18)19)5-6-11(12)13(8-22-9)20-14(21)23-15(2,3)4/h5-7,9,13H,8H2,1-4H3,(H,20,21). The zero-order valence-electron chi connectivity index (χ0n) is 13.5. The van der Waals surface area contributed by atoms with E-state index in [-0.39, 0.29) is 6.61 Å². The summed E-state index contributed by atoms with van der Waals surface area (Å²) in [5.41, 5.74) is -0.352. The van der Waals surface area contributed by atoms with Crippen LogP contribution in [0.2, 0.25) is 0 Å². The highest BCUT2D eigenvalue weighted by molar-refractivity contribution is 5.68. The van der Waals surface area contributed by atoms with Crippen molar-refractivity contribution in [2.24, 2.45) is 0 Å². The summed E-state index contributed by atoms with van der Waals surface area (Å²) in [6, 6.07) is 2.93. The molecule has 23 heavy (non-hydrogen) atoms. The molecular weight excluding hydrogens is 311 g/mol. The molecule has 0 radical (unpaired) electrons. The van der Waals surface area contributed by atoms with E-state index in [4.69, 9.17) is 9.47 Å². The topological polar surface area (TPSA) is 47.6 Å². The van der Waals surface area contributed by atoms with Crippen LogP contribution in [0, 0.1) is 0 Å². The fourth-order valence-corrected chi connectivity index (χ4v) is 2.41. The number of nitrogens with one attached hydrogen (secondary N) is 1. The number of amides is 1. The van der Waals surface area contributed by atoms with Gasteiger partial charge in [0, 0.05) is 0 Å². The minimum absolute atomic E-state index is 0.179. The predicted molar refractivity (Wildman–Crippen MR) is 77.9 cm³/mol. The van der Waals surface area contributed by atoms with Crippen molar-refractivity contribution in [1.29, 1.82) is 0 Å². The number of alkyl carbamates (subject to hydrolysis) is 1. The number of hydrogen-bond donors (Lipinski definition) is 1. The zero-order chi connectivity index (χ0) is 17.4. The van der Waals surface area contributed by atoms with Crippen LogP contribution in [0.1, 0.15) is 56.5 Å². The first-order chi connectivity index (χ1) is 10.5. The van der Waals surface area contributed by atoms with E-state index in [0.717, 1.165) is 12.1 Å². The number of hydrogen-bond acceptors (Lipinski definition) is 3. The molecule has 0 aliphatic carbocycles. The molecule has 4 nitrogen and oxygen atoms in total. The number of ether oxygens (including phenoxy) is 2. The van der Waals surface area contributed by atoms with Gasteiger partial charge in [0.05, 0.1) is 24.3 Å². The van der Waals surface area contributed by atoms with Gasteiger partial charge < -0.3 is 14.8 Å². The van der Waals surface area contributed by atoms with Crippen LogP contribution in [-0.4, -0.2) is 18.3 Å². The average Bonchev–Trinajstić information content (AvgIpc) is 2.38. The van der Waals surface area contributed by atoms with Crippen LogP contribution in [0.4, 0.5) is 18.0 Å². The quantitative estimate of drug-likeness (QED) is 0.831. The Hall–Kier alpha value is -1.76. The van der Waals surface area contributed by atoms with Gasteiger partial charge in [-0.1, -0.05) is 6.07 Å². The summed E-state index contributed by atoms with van der Waals surface area (Å²) in [5, 5.41) is 2.64. The van der Waals surface area contributed by atoms with Gasteiger partial charge in [-0.3, -0.25) is 0 Å². The number of rotatable bonds is 1. The van der Waals surface area contributed by atoms with Crippen molar-refractivity contribution in [3.63, 3.8) is 0 Å². The first kappa shape index (κ1) is 17.6. The molecule has 0 saturated heterocycles. The number of carbonyl (C=O) groups excluding carboxylic acids is 1. The van der Waals surface area contributed by atoms with Gasteiger partial charge in [-0.15, -0.1) is 0 Å². The summed E-state index contributed by atoms with van der Waals surface area (Å²) in [4.78, 5) is 11.9. The number of carbonyl (C=O) groups is 1. The molecular formula is C16H20F3NO3. The van der Waals surface area contributed by atoms with Gasteiger partial charge in [0.2, 0.25) is 0 Å². The van der Waals surface area contributed by atoms with Crippen LogP contribution in [0.3, 0.4) is 0 Å². The van der Waals surface area contributed by atoms with Gasteiger partial charge in [0.25, 0.3) is 0 Å². The lowest BCUT2D eigenvalue weighted by molar-refractivity contribution is -0.137. The maximum atomic E-state index is 12.8. The summed E-state index contributed by atoms with van der Waals surface area (Å²) in [6.45, 7) is 7.06. The maximum Gasteiger partial charge on any atom is 0.416 e. The van der Waals surface area contributed by atoms with Crippen LogP contribution >= 0.6 is 0 Å². The van der Waals surface area contributed by atoms with E-state index in [9.17, 15) is 18.0 Å². The third-order valence-corrected chi connectivity index (χ3v) is 3.43. The second-order valence-electron chi connectivity index (χ2n) is 6.52. The monoisotopic (exact) mass is 331 g/mol. The molecule has 1 N–H and O–H groups in total. The Morgan fingerprint density at radius 3 is 2.48 bits per heavy atom. The highest BCUT2D eigenvalue weighted by atomic mass is 19.4. The molecule has 1 aromatic carbocycles. The van der Waals surface area contributed by atoms with Crippen LogP contribution in [0.5, 0.6) is 0 Å². The number of benzene rings is 1. The van der Waals surface area contributed by atoms with E-state index < -0.39 is 35.6 Å². The second kappa shape index (κ2) is 6.03. The normalized spacial score (nSPS) is 21.5. The summed E-state index contributed by atoms with van der Waals surface area (Å²) >= 11 is 0. The Morgan fingerprint density at radius 1 is 1.26 bits per heavy atom. The molecule has 1 aliphatic rings. The Bertz CT molecular complexity index is 593. The SMILES string of the molecule is CC1OCC(NC(=O)OC(C)(C)C)c2ccc(C(F)(F)F)cc21. The largest absolute Gasteiger partial charge is 0.444 e. The number of alkyl halides is 3. The van der Waals surface area contributed by atoms with Crippen molar-refractivity contribution < 1.29 is 27.4 Å². The number of halogens is 3. The van der Waals surface area contributed by atoms with Crippen LogP contribution < -0.4 is 5.32 Å². The minimum Gasteiger partial charge on any atom is -0.444 e. The molecule has 2 rings (SSSR count). The lowest BCUT2D eigenvalue weighted by Gasteiger charge is -2.32. The lowest BCUT2D eigenvalue weighted by Crippen LogP contribution is -2.38. The summed E-state index contributed by atoms with van der Waals surface area (Å²) in [7, 11) is 0. The van der Waals surface area contributed by atoms with Crippen LogP contribution in [0.25, 0.3) is 0 Å². The van der Waals surface area contributed by atoms with E-state index in [1.165, 1.54) is 6.07 Å². The molecule has 1 aliphatic heterocycles. The van der Waals surface area contributed by atoms with Crippen LogP contribution in [-0.2, 0) is 15.7 Å². The summed E-state index contributed by atoms with van der Waals surface area (Å²) in [5.74, 6) is 0. The van der Waals surface area contributed by atoms with Crippen molar-refractivity contribution in [2.45, 2.75) is 51.6 Å². The highest BCUT2D eigenvalue weighted by Crippen LogP contribution is 2.37. The van der Waals surface area contributed by atoms with E-state index in [0.29, 0.717) is 11.1 Å². The Balaban J connectivity index is 2.24. The van der Waals surface area contributed by atoms with E-state index in [2.05, 4.69) is 5.32 Å². The molecule has 0 saturated carbocycles. The van der Waals surface area contributed by atoms with Gasteiger partial charge in [0.1, 0.15) is 5.60 Å². The van der Waals surface area contributed by atoms with Gasteiger partial charge in [-0.05, 0) is 51.0 Å². The summed E-state index contributed by atoms with van der Waals surface area (Å²) in [6.07, 6.45) is -5.52. The fraction of sp³-hybridized carbons (Fsp3) is 0.562. The van der Waals surface area contributed by atoms with Crippen molar-refractivity contribution in [3.8, 4) is 0 Å². The summed E-state index contributed by atoms with van der Waals surface area (Å²) < 4.78 is 49.2. The third-order valence-electron chi connectivity index (χ3n) is 3.43. The molecule has 0 spiro atoms. The zero-order valence-corrected chi connectivity index (χ0v) is 13.5. The van der Waals surface area contributed by atoms with Crippen molar-refractivity contribution in [3.05, 3.63) is 34.9 Å². The van der Waals surface area contributed by atoms with Crippen molar-refractivity contribution in [1.82, 2.24) is 5.32 Å². The van der Waals surface area contributed by atoms with Gasteiger partial charge in [0.15, 0.2) is 0 Å². The second-order valence-corrected chi connectivity index (χ2v) is 6.52. The molecule has 0 bridgehead atoms. The first-order valence-corrected chi connectivity index (χ1v) is 7.29. The molecule has 0 aromatic heterocycles. The molecule has 1 aromatic rings. The molecule has 2 unspecified atom stereocenters. The van der Waals surface area contributed by atoms with Gasteiger partial charge >= 0.3 is 12.3 Å². The Morgan fingerprint density at radius 2 is 1.91 bits per heavy atom. The fourth-order valence-electron chi connectivity index (χ4n) is 2.41. The smallest absolute Gasteiger partial charge is 0.416 e. The number of fused-ring (bicyclic) bond motifs is 1. The van der Waals surface area contributed by atoms with E-state index in [1.807, 2.05) is 0 Å². The van der Waals surface area contributed by atoms with Crippen molar-refractivity contribution >= 4 is 6.09 Å². The highest BCUT2D eigenvalue weighted by Gasteiger charge is 2.34. The van der Waals surface area contributed by atoms with Crippen molar-refractivity contribution in [2.75, 3.05) is 6.61 Å². The third kappa shape index (κ3) is 4.37. The minimum atomic E-state index is -4.42. The van der Waals surface area contributed by atoms with E-state index >= 15 is 0 Å². The molecule has 2 atom stereocenters. The molecule has 1 heterocycles. The Labute approximate surface area is 133 Å². The Kier molecular flexibility index (Phi) is 4.61. The average molecular weight is 331 g/mol. The first-order valence-electron chi connectivity index (χ1n) is 7.29. The van der Waals surface area contributed by atoms with Crippen LogP contribution in [0.15, 0.2) is 18.2 Å². The molecule has 7 heteroatoms. The van der Waals surface area contributed by atoms with E-state index in [1.54, 1.807) is 27.7 Å². The van der Waals surface area contributed by atoms with Gasteiger partial charge in [-0.25, -0.2) is 4.79 Å². The molecule has 0 fully saturated rings. The molecule has 128 valence electrons. The predicted octanol–water partition coefficient (Wildman–Crippen LogP) is 4.36. The van der Waals surface area contributed by atoms with Gasteiger partial charge in [-0.2, -0.15) is 13.2 Å².